The summed E-state index contributed by atoms with van der Waals surface area (Å²) in [7, 11) is 1.63. The SMILES string of the molecule is COCCCc1nnc(SCC(=O)O)n1N. The minimum Gasteiger partial charge on any atom is -0.481 e. The number of hydrogen-bond acceptors (Lipinski definition) is 6. The van der Waals surface area contributed by atoms with E-state index in [1.807, 2.05) is 0 Å². The van der Waals surface area contributed by atoms with Crippen molar-refractivity contribution in [3.05, 3.63) is 5.82 Å². The zero-order valence-corrected chi connectivity index (χ0v) is 9.74. The third kappa shape index (κ3) is 3.70. The first-order valence-electron chi connectivity index (χ1n) is 4.68. The predicted molar refractivity (Wildman–Crippen MR) is 58.7 cm³/mol. The van der Waals surface area contributed by atoms with Crippen LogP contribution in [0, 0.1) is 0 Å². The highest BCUT2D eigenvalue weighted by Gasteiger charge is 2.11. The van der Waals surface area contributed by atoms with E-state index in [9.17, 15) is 4.79 Å². The molecule has 0 aliphatic heterocycles. The molecule has 0 amide bonds. The van der Waals surface area contributed by atoms with Crippen molar-refractivity contribution >= 4 is 17.7 Å². The molecule has 90 valence electrons. The molecule has 0 aliphatic rings. The molecule has 0 radical (unpaired) electrons. The van der Waals surface area contributed by atoms with Crippen LogP contribution < -0.4 is 5.84 Å². The molecule has 0 saturated carbocycles. The first kappa shape index (κ1) is 12.8. The average molecular weight is 246 g/mol. The monoisotopic (exact) mass is 246 g/mol. The number of hydrogen-bond donors (Lipinski definition) is 2. The second-order valence-corrected chi connectivity index (χ2v) is 3.99. The number of nitrogen functional groups attached to an aromatic ring is 1. The smallest absolute Gasteiger partial charge is 0.313 e. The Morgan fingerprint density at radius 1 is 1.62 bits per heavy atom. The number of carboxylic acid groups (broad SMARTS) is 1. The molecule has 7 nitrogen and oxygen atoms in total. The molecule has 1 rings (SSSR count). The van der Waals surface area contributed by atoms with Gasteiger partial charge >= 0.3 is 5.97 Å². The Labute approximate surface area is 97.0 Å². The normalized spacial score (nSPS) is 10.6. The Morgan fingerprint density at radius 3 is 3.00 bits per heavy atom. The molecule has 0 spiro atoms. The number of aliphatic carboxylic acids is 1. The Kier molecular flexibility index (Phi) is 5.06. The quantitative estimate of drug-likeness (QED) is 0.388. The van der Waals surface area contributed by atoms with Crippen LogP contribution in [0.25, 0.3) is 0 Å². The van der Waals surface area contributed by atoms with Crippen molar-refractivity contribution in [3.8, 4) is 0 Å². The van der Waals surface area contributed by atoms with E-state index in [2.05, 4.69) is 10.2 Å². The van der Waals surface area contributed by atoms with Gasteiger partial charge in [0.2, 0.25) is 5.16 Å². The highest BCUT2D eigenvalue weighted by Crippen LogP contribution is 2.14. The van der Waals surface area contributed by atoms with Crippen molar-refractivity contribution in [3.63, 3.8) is 0 Å². The summed E-state index contributed by atoms with van der Waals surface area (Å²) in [6.07, 6.45) is 1.46. The molecular weight excluding hydrogens is 232 g/mol. The number of aryl methyl sites for hydroxylation is 1. The highest BCUT2D eigenvalue weighted by molar-refractivity contribution is 7.99. The van der Waals surface area contributed by atoms with Gasteiger partial charge in [0.1, 0.15) is 0 Å². The number of carboxylic acids is 1. The number of methoxy groups -OCH3 is 1. The molecule has 16 heavy (non-hydrogen) atoms. The summed E-state index contributed by atoms with van der Waals surface area (Å²) in [5.74, 6) is 5.35. The van der Waals surface area contributed by atoms with Gasteiger partial charge in [-0.3, -0.25) is 4.79 Å². The minimum atomic E-state index is -0.908. The molecule has 0 aromatic carbocycles. The van der Waals surface area contributed by atoms with Crippen LogP contribution in [0.1, 0.15) is 12.2 Å². The molecule has 1 aromatic heterocycles. The van der Waals surface area contributed by atoms with Gasteiger partial charge in [-0.25, -0.2) is 4.68 Å². The zero-order chi connectivity index (χ0) is 12.0. The van der Waals surface area contributed by atoms with Gasteiger partial charge < -0.3 is 15.7 Å². The Balaban J connectivity index is 2.51. The van der Waals surface area contributed by atoms with Crippen LogP contribution in [0.2, 0.25) is 0 Å². The Morgan fingerprint density at radius 2 is 2.38 bits per heavy atom. The van der Waals surface area contributed by atoms with E-state index in [0.717, 1.165) is 18.2 Å². The van der Waals surface area contributed by atoms with Crippen LogP contribution in [-0.2, 0) is 16.0 Å². The maximum atomic E-state index is 10.4. The van der Waals surface area contributed by atoms with Crippen LogP contribution in [-0.4, -0.2) is 45.4 Å². The van der Waals surface area contributed by atoms with Crippen molar-refractivity contribution in [1.82, 2.24) is 14.9 Å². The van der Waals surface area contributed by atoms with Crippen molar-refractivity contribution in [2.75, 3.05) is 25.3 Å². The number of ether oxygens (including phenoxy) is 1. The largest absolute Gasteiger partial charge is 0.481 e. The Bertz CT molecular complexity index is 355. The second-order valence-electron chi connectivity index (χ2n) is 3.05. The summed E-state index contributed by atoms with van der Waals surface area (Å²) in [5.41, 5.74) is 0. The molecular formula is C8H14N4O3S. The third-order valence-corrected chi connectivity index (χ3v) is 2.74. The summed E-state index contributed by atoms with van der Waals surface area (Å²) in [5, 5.41) is 16.6. The molecule has 1 heterocycles. The lowest BCUT2D eigenvalue weighted by molar-refractivity contribution is -0.133. The maximum Gasteiger partial charge on any atom is 0.313 e. The zero-order valence-electron chi connectivity index (χ0n) is 8.92. The first-order chi connectivity index (χ1) is 7.65. The van der Waals surface area contributed by atoms with Crippen LogP contribution in [0.3, 0.4) is 0 Å². The predicted octanol–water partition coefficient (Wildman–Crippen LogP) is -0.252. The second kappa shape index (κ2) is 6.33. The van der Waals surface area contributed by atoms with E-state index >= 15 is 0 Å². The van der Waals surface area contributed by atoms with Crippen LogP contribution in [0.15, 0.2) is 5.16 Å². The van der Waals surface area contributed by atoms with Gasteiger partial charge in [-0.15, -0.1) is 10.2 Å². The number of carbonyl (C=O) groups is 1. The molecule has 0 fully saturated rings. The molecule has 0 saturated heterocycles. The van der Waals surface area contributed by atoms with E-state index in [4.69, 9.17) is 15.7 Å². The van der Waals surface area contributed by atoms with Gasteiger partial charge in [-0.05, 0) is 6.42 Å². The standard InChI is InChI=1S/C8H14N4O3S/c1-15-4-2-3-6-10-11-8(12(6)9)16-5-7(13)14/h2-5,9H2,1H3,(H,13,14). The molecule has 8 heteroatoms. The fourth-order valence-corrected chi connectivity index (χ4v) is 1.67. The van der Waals surface area contributed by atoms with Gasteiger partial charge in [0.25, 0.3) is 0 Å². The summed E-state index contributed by atoms with van der Waals surface area (Å²) < 4.78 is 6.23. The number of rotatable bonds is 7. The molecule has 0 aliphatic carbocycles. The number of thioether (sulfide) groups is 1. The summed E-state index contributed by atoms with van der Waals surface area (Å²) in [4.78, 5) is 10.4. The lowest BCUT2D eigenvalue weighted by Gasteiger charge is -2.02. The number of nitrogens with two attached hydrogens (primary N) is 1. The first-order valence-corrected chi connectivity index (χ1v) is 5.66. The number of aromatic nitrogens is 3. The average Bonchev–Trinajstić information content (AvgIpc) is 2.58. The third-order valence-electron chi connectivity index (χ3n) is 1.81. The van der Waals surface area contributed by atoms with Crippen molar-refractivity contribution < 1.29 is 14.6 Å². The van der Waals surface area contributed by atoms with E-state index in [1.54, 1.807) is 7.11 Å². The van der Waals surface area contributed by atoms with E-state index < -0.39 is 5.97 Å². The summed E-state index contributed by atoms with van der Waals surface area (Å²) in [6, 6.07) is 0. The van der Waals surface area contributed by atoms with Gasteiger partial charge in [-0.1, -0.05) is 11.8 Å². The highest BCUT2D eigenvalue weighted by atomic mass is 32.2. The molecule has 0 unspecified atom stereocenters. The lowest BCUT2D eigenvalue weighted by Crippen LogP contribution is -2.15. The summed E-state index contributed by atoms with van der Waals surface area (Å²) in [6.45, 7) is 0.629. The van der Waals surface area contributed by atoms with Crippen LogP contribution in [0.5, 0.6) is 0 Å². The van der Waals surface area contributed by atoms with Crippen molar-refractivity contribution in [1.29, 1.82) is 0 Å². The van der Waals surface area contributed by atoms with Gasteiger partial charge in [0.15, 0.2) is 5.82 Å². The lowest BCUT2D eigenvalue weighted by atomic mass is 10.3. The summed E-state index contributed by atoms with van der Waals surface area (Å²) >= 11 is 1.05. The topological polar surface area (TPSA) is 103 Å². The maximum absolute atomic E-state index is 10.4. The molecule has 0 bridgehead atoms. The van der Waals surface area contributed by atoms with Crippen molar-refractivity contribution in [2.24, 2.45) is 0 Å². The number of nitrogens with zero attached hydrogens (tertiary/aromatic N) is 3. The fourth-order valence-electron chi connectivity index (χ4n) is 1.08. The van der Waals surface area contributed by atoms with Crippen LogP contribution >= 0.6 is 11.8 Å². The Hall–Kier alpha value is -1.28. The van der Waals surface area contributed by atoms with E-state index in [0.29, 0.717) is 24.0 Å². The van der Waals surface area contributed by atoms with Gasteiger partial charge in [0, 0.05) is 20.1 Å². The fraction of sp³-hybridized carbons (Fsp3) is 0.625. The van der Waals surface area contributed by atoms with E-state index in [-0.39, 0.29) is 5.75 Å². The van der Waals surface area contributed by atoms with E-state index in [1.165, 1.54) is 4.68 Å². The molecule has 0 atom stereocenters. The molecule has 1 aromatic rings. The van der Waals surface area contributed by atoms with Crippen LogP contribution in [0.4, 0.5) is 0 Å². The van der Waals surface area contributed by atoms with Gasteiger partial charge in [0.05, 0.1) is 5.75 Å². The van der Waals surface area contributed by atoms with Gasteiger partial charge in [-0.2, -0.15) is 0 Å². The van der Waals surface area contributed by atoms with Crippen molar-refractivity contribution in [2.45, 2.75) is 18.0 Å². The minimum absolute atomic E-state index is 0.0760. The molecule has 3 N–H and O–H groups in total.